The zero-order valence-electron chi connectivity index (χ0n) is 20.8. The van der Waals surface area contributed by atoms with Crippen LogP contribution in [0, 0.1) is 39.0 Å². The van der Waals surface area contributed by atoms with Gasteiger partial charge >= 0.3 is 0 Å². The minimum atomic E-state index is -0.707. The summed E-state index contributed by atoms with van der Waals surface area (Å²) in [6, 6.07) is 6.90. The number of imide groups is 1. The van der Waals surface area contributed by atoms with E-state index in [0.717, 1.165) is 27.8 Å². The van der Waals surface area contributed by atoms with E-state index in [1.807, 2.05) is 46.8 Å². The van der Waals surface area contributed by atoms with Gasteiger partial charge in [-0.25, -0.2) is 4.90 Å². The second-order valence-electron chi connectivity index (χ2n) is 10.2. The van der Waals surface area contributed by atoms with Crippen LogP contribution in [-0.2, 0) is 16.0 Å². The Morgan fingerprint density at radius 2 is 1.46 bits per heavy atom. The smallest absolute Gasteiger partial charge is 0.266 e. The van der Waals surface area contributed by atoms with Crippen LogP contribution in [0.25, 0.3) is 0 Å². The SMILES string of the molecule is Cc1c(C)c(N2C(=O)c3ccccc3C2=O)c(C)c(C)c1CC[C@H]1C(=O)C2=CC=CCC2(C)C1=O. The number of Topliss-reactive ketones (excluding diaryl/α,β-unsaturated/α-hetero) is 2. The van der Waals surface area contributed by atoms with E-state index in [1.54, 1.807) is 30.3 Å². The van der Waals surface area contributed by atoms with Gasteiger partial charge in [-0.05, 0) is 93.8 Å². The normalized spacial score (nSPS) is 23.2. The highest BCUT2D eigenvalue weighted by atomic mass is 16.2. The molecule has 178 valence electrons. The van der Waals surface area contributed by atoms with Gasteiger partial charge in [0.05, 0.1) is 28.1 Å². The molecule has 35 heavy (non-hydrogen) atoms. The summed E-state index contributed by atoms with van der Waals surface area (Å²) in [5.41, 5.74) is 6.21. The summed E-state index contributed by atoms with van der Waals surface area (Å²) >= 11 is 0. The van der Waals surface area contributed by atoms with Crippen molar-refractivity contribution in [3.63, 3.8) is 0 Å². The highest BCUT2D eigenvalue weighted by molar-refractivity contribution is 6.35. The molecule has 0 spiro atoms. The third-order valence-corrected chi connectivity index (χ3v) is 8.40. The molecular formula is C30H29NO4. The van der Waals surface area contributed by atoms with Gasteiger partial charge in [0.2, 0.25) is 0 Å². The minimum Gasteiger partial charge on any atom is -0.298 e. The van der Waals surface area contributed by atoms with Crippen LogP contribution in [0.3, 0.4) is 0 Å². The highest BCUT2D eigenvalue weighted by Crippen LogP contribution is 2.47. The maximum absolute atomic E-state index is 13.2. The second-order valence-corrected chi connectivity index (χ2v) is 10.2. The molecule has 2 aromatic rings. The van der Waals surface area contributed by atoms with Crippen LogP contribution in [0.4, 0.5) is 5.69 Å². The van der Waals surface area contributed by atoms with Crippen LogP contribution in [-0.4, -0.2) is 23.4 Å². The lowest BCUT2D eigenvalue weighted by Gasteiger charge is -2.26. The topological polar surface area (TPSA) is 71.5 Å². The first kappa shape index (κ1) is 23.2. The average molecular weight is 468 g/mol. The Balaban J connectivity index is 1.48. The number of benzene rings is 2. The van der Waals surface area contributed by atoms with E-state index in [1.165, 1.54) is 4.90 Å². The molecule has 0 aromatic heterocycles. The lowest BCUT2D eigenvalue weighted by molar-refractivity contribution is -0.130. The Hall–Kier alpha value is -3.60. The quantitative estimate of drug-likeness (QED) is 0.451. The molecule has 2 atom stereocenters. The van der Waals surface area contributed by atoms with Crippen molar-refractivity contribution < 1.29 is 19.2 Å². The molecule has 1 aliphatic heterocycles. The molecule has 1 heterocycles. The van der Waals surface area contributed by atoms with Gasteiger partial charge in [-0.1, -0.05) is 30.4 Å². The molecule has 0 saturated heterocycles. The molecule has 0 N–H and O–H groups in total. The number of hydrogen-bond donors (Lipinski definition) is 0. The number of fused-ring (bicyclic) bond motifs is 2. The van der Waals surface area contributed by atoms with Crippen molar-refractivity contribution in [3.05, 3.63) is 87.0 Å². The van der Waals surface area contributed by atoms with Gasteiger partial charge in [-0.15, -0.1) is 0 Å². The molecule has 5 heteroatoms. The van der Waals surface area contributed by atoms with Crippen LogP contribution >= 0.6 is 0 Å². The third-order valence-electron chi connectivity index (χ3n) is 8.40. The number of hydrogen-bond acceptors (Lipinski definition) is 4. The number of nitrogens with zero attached hydrogens (tertiary/aromatic N) is 1. The molecule has 3 aliphatic rings. The van der Waals surface area contributed by atoms with Crippen LogP contribution in [0.5, 0.6) is 0 Å². The molecule has 2 aliphatic carbocycles. The first-order valence-corrected chi connectivity index (χ1v) is 12.1. The largest absolute Gasteiger partial charge is 0.298 e. The van der Waals surface area contributed by atoms with Crippen molar-refractivity contribution in [2.75, 3.05) is 4.90 Å². The molecular weight excluding hydrogens is 438 g/mol. The van der Waals surface area contributed by atoms with Crippen molar-refractivity contribution in [3.8, 4) is 0 Å². The fourth-order valence-electron chi connectivity index (χ4n) is 6.06. The second kappa shape index (κ2) is 7.98. The Kier molecular flexibility index (Phi) is 5.28. The van der Waals surface area contributed by atoms with Crippen molar-refractivity contribution in [1.82, 2.24) is 0 Å². The zero-order chi connectivity index (χ0) is 25.2. The van der Waals surface area contributed by atoms with E-state index in [4.69, 9.17) is 0 Å². The molecule has 2 amide bonds. The summed E-state index contributed by atoms with van der Waals surface area (Å²) < 4.78 is 0. The first-order valence-electron chi connectivity index (χ1n) is 12.1. The lowest BCUT2D eigenvalue weighted by atomic mass is 9.77. The Morgan fingerprint density at radius 3 is 2.00 bits per heavy atom. The summed E-state index contributed by atoms with van der Waals surface area (Å²) in [5.74, 6) is -1.26. The zero-order valence-corrected chi connectivity index (χ0v) is 20.8. The van der Waals surface area contributed by atoms with Gasteiger partial charge in [0, 0.05) is 5.57 Å². The lowest BCUT2D eigenvalue weighted by Crippen LogP contribution is -2.31. The first-order chi connectivity index (χ1) is 16.6. The Morgan fingerprint density at radius 1 is 0.886 bits per heavy atom. The number of ketones is 2. The van der Waals surface area contributed by atoms with Gasteiger partial charge < -0.3 is 0 Å². The number of rotatable bonds is 4. The predicted octanol–water partition coefficient (Wildman–Crippen LogP) is 5.31. The monoisotopic (exact) mass is 467 g/mol. The third kappa shape index (κ3) is 3.14. The maximum Gasteiger partial charge on any atom is 0.266 e. The van der Waals surface area contributed by atoms with Gasteiger partial charge in [-0.2, -0.15) is 0 Å². The summed E-state index contributed by atoms with van der Waals surface area (Å²) in [4.78, 5) is 53.9. The number of carbonyl (C=O) groups excluding carboxylic acids is 4. The van der Waals surface area contributed by atoms with E-state index < -0.39 is 11.3 Å². The number of carbonyl (C=O) groups is 4. The molecule has 2 aromatic carbocycles. The molecule has 0 radical (unpaired) electrons. The van der Waals surface area contributed by atoms with Crippen molar-refractivity contribution in [2.24, 2.45) is 11.3 Å². The van der Waals surface area contributed by atoms with Crippen molar-refractivity contribution in [2.45, 2.75) is 53.9 Å². The highest BCUT2D eigenvalue weighted by Gasteiger charge is 2.53. The minimum absolute atomic E-state index is 0.0181. The molecule has 0 bridgehead atoms. The fourth-order valence-corrected chi connectivity index (χ4v) is 6.06. The molecule has 1 fully saturated rings. The van der Waals surface area contributed by atoms with E-state index in [-0.39, 0.29) is 23.4 Å². The fraction of sp³-hybridized carbons (Fsp3) is 0.333. The predicted molar refractivity (Wildman–Crippen MR) is 135 cm³/mol. The Labute approximate surface area is 205 Å². The summed E-state index contributed by atoms with van der Waals surface area (Å²) in [6.07, 6.45) is 7.23. The van der Waals surface area contributed by atoms with E-state index in [2.05, 4.69) is 0 Å². The van der Waals surface area contributed by atoms with E-state index >= 15 is 0 Å². The van der Waals surface area contributed by atoms with Crippen LogP contribution < -0.4 is 4.90 Å². The summed E-state index contributed by atoms with van der Waals surface area (Å²) in [5, 5.41) is 0. The average Bonchev–Trinajstić information content (AvgIpc) is 3.20. The van der Waals surface area contributed by atoms with Crippen molar-refractivity contribution >= 4 is 29.1 Å². The van der Waals surface area contributed by atoms with E-state index in [9.17, 15) is 19.2 Å². The summed E-state index contributed by atoms with van der Waals surface area (Å²) in [7, 11) is 0. The number of amides is 2. The van der Waals surface area contributed by atoms with Gasteiger partial charge in [0.1, 0.15) is 0 Å². The summed E-state index contributed by atoms with van der Waals surface area (Å²) in [6.45, 7) is 9.73. The standard InChI is InChI=1S/C30H29NO4/c1-16-18(3)25(31-28(34)21-10-6-7-11-22(21)29(31)35)19(4)17(2)20(16)13-14-23-26(32)24-12-8-9-15-30(24,5)27(23)33/h6-12,23H,13-15H2,1-5H3/t23-,30?/m0/s1. The number of allylic oxidation sites excluding steroid dienone is 4. The van der Waals surface area contributed by atoms with Gasteiger partial charge in [-0.3, -0.25) is 19.2 Å². The number of anilines is 1. The molecule has 5 rings (SSSR count). The van der Waals surface area contributed by atoms with Gasteiger partial charge in [0.25, 0.3) is 11.8 Å². The molecule has 1 unspecified atom stereocenters. The maximum atomic E-state index is 13.2. The van der Waals surface area contributed by atoms with Crippen LogP contribution in [0.1, 0.15) is 68.3 Å². The molecule has 5 nitrogen and oxygen atoms in total. The van der Waals surface area contributed by atoms with Crippen LogP contribution in [0.15, 0.2) is 48.1 Å². The van der Waals surface area contributed by atoms with Crippen LogP contribution in [0.2, 0.25) is 0 Å². The molecule has 1 saturated carbocycles. The van der Waals surface area contributed by atoms with Gasteiger partial charge in [0.15, 0.2) is 11.6 Å². The van der Waals surface area contributed by atoms with Crippen molar-refractivity contribution in [1.29, 1.82) is 0 Å². The Bertz CT molecular complexity index is 1350. The van der Waals surface area contributed by atoms with E-state index in [0.29, 0.717) is 41.6 Å².